The molecule has 0 atom stereocenters. The Morgan fingerprint density at radius 2 is 1.67 bits per heavy atom. The van der Waals surface area contributed by atoms with Gasteiger partial charge in [0.15, 0.2) is 0 Å². The van der Waals surface area contributed by atoms with Gasteiger partial charge in [-0.2, -0.15) is 0 Å². The Morgan fingerprint density at radius 3 is 1.78 bits per heavy atom. The third-order valence-electron chi connectivity index (χ3n) is 1.74. The number of rotatable bonds is 4. The molecule has 0 unspecified atom stereocenters. The SMILES string of the molecule is [CH2]C(CC)(CC)OCC. The van der Waals surface area contributed by atoms with Crippen LogP contribution in [0.15, 0.2) is 0 Å². The fraction of sp³-hybridized carbons (Fsp3) is 0.875. The van der Waals surface area contributed by atoms with Crippen molar-refractivity contribution in [3.63, 3.8) is 0 Å². The maximum Gasteiger partial charge on any atom is 0.0678 e. The zero-order chi connectivity index (χ0) is 7.33. The molecule has 9 heavy (non-hydrogen) atoms. The van der Waals surface area contributed by atoms with Gasteiger partial charge >= 0.3 is 0 Å². The van der Waals surface area contributed by atoms with Gasteiger partial charge in [-0.15, -0.1) is 0 Å². The molecule has 55 valence electrons. The highest BCUT2D eigenvalue weighted by molar-refractivity contribution is 4.79. The molecule has 1 heteroatoms. The molecule has 0 amide bonds. The minimum atomic E-state index is -0.116. The molecule has 1 radical (unpaired) electrons. The van der Waals surface area contributed by atoms with E-state index < -0.39 is 0 Å². The fourth-order valence-corrected chi connectivity index (χ4v) is 0.760. The van der Waals surface area contributed by atoms with Crippen molar-refractivity contribution in [3.05, 3.63) is 6.92 Å². The lowest BCUT2D eigenvalue weighted by Crippen LogP contribution is -2.26. The molecule has 0 saturated carbocycles. The summed E-state index contributed by atoms with van der Waals surface area (Å²) < 4.78 is 5.42. The van der Waals surface area contributed by atoms with Crippen LogP contribution < -0.4 is 0 Å². The molecule has 0 rings (SSSR count). The smallest absolute Gasteiger partial charge is 0.0678 e. The molecule has 0 aromatic carbocycles. The van der Waals surface area contributed by atoms with E-state index in [1.807, 2.05) is 6.92 Å². The Morgan fingerprint density at radius 1 is 1.22 bits per heavy atom. The highest BCUT2D eigenvalue weighted by Crippen LogP contribution is 2.17. The van der Waals surface area contributed by atoms with E-state index in [0.29, 0.717) is 0 Å². The summed E-state index contributed by atoms with van der Waals surface area (Å²) in [4.78, 5) is 0. The topological polar surface area (TPSA) is 9.23 Å². The molecule has 0 aliphatic heterocycles. The predicted octanol–water partition coefficient (Wildman–Crippen LogP) is 2.42. The van der Waals surface area contributed by atoms with Gasteiger partial charge in [0.2, 0.25) is 0 Å². The predicted molar refractivity (Wildman–Crippen MR) is 40.3 cm³/mol. The second-order valence-corrected chi connectivity index (χ2v) is 2.32. The first-order valence-electron chi connectivity index (χ1n) is 3.67. The average Bonchev–Trinajstić information content (AvgIpc) is 1.89. The van der Waals surface area contributed by atoms with Crippen LogP contribution in [0.2, 0.25) is 0 Å². The van der Waals surface area contributed by atoms with Crippen LogP contribution in [-0.4, -0.2) is 12.2 Å². The van der Waals surface area contributed by atoms with Gasteiger partial charge < -0.3 is 4.74 Å². The van der Waals surface area contributed by atoms with Crippen molar-refractivity contribution in [1.29, 1.82) is 0 Å². The molecule has 0 heterocycles. The first-order valence-corrected chi connectivity index (χ1v) is 3.67. The summed E-state index contributed by atoms with van der Waals surface area (Å²) >= 11 is 0. The third kappa shape index (κ3) is 2.85. The van der Waals surface area contributed by atoms with Crippen molar-refractivity contribution >= 4 is 0 Å². The molecule has 0 N–H and O–H groups in total. The molecule has 1 nitrogen and oxygen atoms in total. The van der Waals surface area contributed by atoms with Crippen LogP contribution in [-0.2, 0) is 4.74 Å². The number of ether oxygens (including phenoxy) is 1. The zero-order valence-corrected chi connectivity index (χ0v) is 6.74. The van der Waals surface area contributed by atoms with E-state index in [1.54, 1.807) is 0 Å². The van der Waals surface area contributed by atoms with Crippen LogP contribution in [0.5, 0.6) is 0 Å². The van der Waals surface area contributed by atoms with E-state index in [4.69, 9.17) is 4.74 Å². The van der Waals surface area contributed by atoms with Crippen molar-refractivity contribution in [3.8, 4) is 0 Å². The van der Waals surface area contributed by atoms with Gasteiger partial charge in [-0.05, 0) is 26.7 Å². The van der Waals surface area contributed by atoms with Gasteiger partial charge in [-0.1, -0.05) is 13.8 Å². The van der Waals surface area contributed by atoms with Crippen LogP contribution in [0.1, 0.15) is 33.6 Å². The van der Waals surface area contributed by atoms with Crippen molar-refractivity contribution < 1.29 is 4.74 Å². The lowest BCUT2D eigenvalue weighted by atomic mass is 10.0. The van der Waals surface area contributed by atoms with Gasteiger partial charge in [0.05, 0.1) is 5.60 Å². The molecule has 0 aromatic heterocycles. The average molecular weight is 129 g/mol. The Kier molecular flexibility index (Phi) is 3.87. The highest BCUT2D eigenvalue weighted by atomic mass is 16.5. The summed E-state index contributed by atoms with van der Waals surface area (Å²) in [6.07, 6.45) is 1.99. The quantitative estimate of drug-likeness (QED) is 0.566. The second kappa shape index (κ2) is 3.89. The first-order chi connectivity index (χ1) is 4.18. The minimum Gasteiger partial charge on any atom is -0.375 e. The molecule has 0 saturated heterocycles. The molecular weight excluding hydrogens is 112 g/mol. The summed E-state index contributed by atoms with van der Waals surface area (Å²) in [7, 11) is 0. The standard InChI is InChI=1S/C8H17O/c1-5-8(4,6-2)9-7-3/h4-7H2,1-3H3. The molecule has 0 spiro atoms. The molecule has 0 aliphatic rings. The summed E-state index contributed by atoms with van der Waals surface area (Å²) in [5.74, 6) is 0. The van der Waals surface area contributed by atoms with Crippen LogP contribution >= 0.6 is 0 Å². The van der Waals surface area contributed by atoms with Gasteiger partial charge in [-0.3, -0.25) is 0 Å². The molecule has 0 aromatic rings. The summed E-state index contributed by atoms with van der Waals surface area (Å²) in [5.41, 5.74) is -0.116. The molecule has 0 fully saturated rings. The molecule has 0 bridgehead atoms. The maximum atomic E-state index is 5.42. The second-order valence-electron chi connectivity index (χ2n) is 2.32. The van der Waals surface area contributed by atoms with Crippen molar-refractivity contribution in [2.75, 3.05) is 6.61 Å². The number of hydrogen-bond acceptors (Lipinski definition) is 1. The van der Waals surface area contributed by atoms with Gasteiger partial charge in [0, 0.05) is 6.61 Å². The Bertz CT molecular complexity index is 65.0. The van der Waals surface area contributed by atoms with Crippen molar-refractivity contribution in [2.45, 2.75) is 39.2 Å². The lowest BCUT2D eigenvalue weighted by molar-refractivity contribution is -0.00883. The zero-order valence-electron chi connectivity index (χ0n) is 6.74. The monoisotopic (exact) mass is 129 g/mol. The summed E-state index contributed by atoms with van der Waals surface area (Å²) in [5, 5.41) is 0. The van der Waals surface area contributed by atoms with Crippen LogP contribution in [0.3, 0.4) is 0 Å². The van der Waals surface area contributed by atoms with E-state index in [1.165, 1.54) is 0 Å². The Hall–Kier alpha value is -0.0400. The Balaban J connectivity index is 3.62. The van der Waals surface area contributed by atoms with E-state index >= 15 is 0 Å². The molecular formula is C8H17O. The normalized spacial score (nSPS) is 12.0. The van der Waals surface area contributed by atoms with Crippen LogP contribution in [0.25, 0.3) is 0 Å². The third-order valence-corrected chi connectivity index (χ3v) is 1.74. The lowest BCUT2D eigenvalue weighted by Gasteiger charge is -2.25. The minimum absolute atomic E-state index is 0.116. The van der Waals surface area contributed by atoms with E-state index in [0.717, 1.165) is 19.4 Å². The van der Waals surface area contributed by atoms with E-state index in [2.05, 4.69) is 20.8 Å². The largest absolute Gasteiger partial charge is 0.375 e. The van der Waals surface area contributed by atoms with E-state index in [9.17, 15) is 0 Å². The fourth-order valence-electron chi connectivity index (χ4n) is 0.760. The van der Waals surface area contributed by atoms with Crippen molar-refractivity contribution in [2.24, 2.45) is 0 Å². The Labute approximate surface area is 58.4 Å². The molecule has 0 aliphatic carbocycles. The number of hydrogen-bond donors (Lipinski definition) is 0. The van der Waals surface area contributed by atoms with Gasteiger partial charge in [0.1, 0.15) is 0 Å². The van der Waals surface area contributed by atoms with Crippen LogP contribution in [0.4, 0.5) is 0 Å². The first kappa shape index (κ1) is 8.96. The maximum absolute atomic E-state index is 5.42. The van der Waals surface area contributed by atoms with E-state index in [-0.39, 0.29) is 5.60 Å². The van der Waals surface area contributed by atoms with Gasteiger partial charge in [-0.25, -0.2) is 0 Å². The van der Waals surface area contributed by atoms with Crippen molar-refractivity contribution in [1.82, 2.24) is 0 Å². The summed E-state index contributed by atoms with van der Waals surface area (Å²) in [6.45, 7) is 11.0. The summed E-state index contributed by atoms with van der Waals surface area (Å²) in [6, 6.07) is 0. The van der Waals surface area contributed by atoms with Crippen LogP contribution in [0, 0.1) is 6.92 Å². The highest BCUT2D eigenvalue weighted by Gasteiger charge is 2.18. The van der Waals surface area contributed by atoms with Gasteiger partial charge in [0.25, 0.3) is 0 Å².